The highest BCUT2D eigenvalue weighted by Gasteiger charge is 2.32. The molecule has 0 aliphatic carbocycles. The van der Waals surface area contributed by atoms with Gasteiger partial charge >= 0.3 is 0 Å². The van der Waals surface area contributed by atoms with Gasteiger partial charge in [-0.2, -0.15) is 0 Å². The molecule has 26 heavy (non-hydrogen) atoms. The van der Waals surface area contributed by atoms with E-state index in [1.165, 1.54) is 0 Å². The average molecular weight is 350 g/mol. The van der Waals surface area contributed by atoms with Gasteiger partial charge in [-0.15, -0.1) is 0 Å². The third-order valence-corrected chi connectivity index (χ3v) is 4.66. The molecule has 0 spiro atoms. The fourth-order valence-electron chi connectivity index (χ4n) is 3.16. The highest BCUT2D eigenvalue weighted by Crippen LogP contribution is 2.20. The largest absolute Gasteiger partial charge is 0.348 e. The van der Waals surface area contributed by atoms with E-state index in [0.717, 1.165) is 22.4 Å². The number of amides is 3. The van der Waals surface area contributed by atoms with Crippen LogP contribution in [0.2, 0.25) is 0 Å². The Hall–Kier alpha value is -2.95. The van der Waals surface area contributed by atoms with E-state index < -0.39 is 5.91 Å². The molecule has 1 N–H and O–H groups in total. The smallest absolute Gasteiger partial charge is 0.261 e. The second kappa shape index (κ2) is 7.52. The van der Waals surface area contributed by atoms with E-state index in [9.17, 15) is 14.4 Å². The van der Waals surface area contributed by atoms with Gasteiger partial charge < -0.3 is 5.32 Å². The quantitative estimate of drug-likeness (QED) is 0.843. The van der Waals surface area contributed by atoms with Crippen molar-refractivity contribution in [3.05, 3.63) is 70.8 Å². The molecule has 5 heteroatoms. The third-order valence-electron chi connectivity index (χ3n) is 4.66. The Morgan fingerprint density at radius 3 is 2.50 bits per heavy atom. The van der Waals surface area contributed by atoms with Crippen molar-refractivity contribution in [3.63, 3.8) is 0 Å². The molecule has 1 heterocycles. The zero-order valence-electron chi connectivity index (χ0n) is 15.0. The van der Waals surface area contributed by atoms with Crippen LogP contribution in [-0.4, -0.2) is 29.2 Å². The summed E-state index contributed by atoms with van der Waals surface area (Å²) in [5, 5.41) is 2.93. The van der Waals surface area contributed by atoms with Gasteiger partial charge in [-0.3, -0.25) is 19.3 Å². The van der Waals surface area contributed by atoms with Crippen LogP contribution in [0.3, 0.4) is 0 Å². The van der Waals surface area contributed by atoms with Crippen LogP contribution in [0.5, 0.6) is 0 Å². The van der Waals surface area contributed by atoms with E-state index in [0.29, 0.717) is 11.1 Å². The maximum atomic E-state index is 12.6. The second-order valence-electron chi connectivity index (χ2n) is 6.56. The summed E-state index contributed by atoms with van der Waals surface area (Å²) < 4.78 is 0. The van der Waals surface area contributed by atoms with E-state index in [4.69, 9.17) is 0 Å². The van der Waals surface area contributed by atoms with Crippen molar-refractivity contribution in [1.82, 2.24) is 10.2 Å². The van der Waals surface area contributed by atoms with Gasteiger partial charge in [0.25, 0.3) is 5.91 Å². The number of benzene rings is 2. The Morgan fingerprint density at radius 2 is 1.81 bits per heavy atom. The number of carbonyl (C=O) groups excluding carboxylic acids is 3. The minimum absolute atomic E-state index is 0.143. The lowest BCUT2D eigenvalue weighted by Crippen LogP contribution is -2.48. The maximum Gasteiger partial charge on any atom is 0.261 e. The molecule has 0 radical (unpaired) electrons. The molecule has 0 saturated carbocycles. The van der Waals surface area contributed by atoms with Gasteiger partial charge in [-0.05, 0) is 30.5 Å². The molecule has 0 saturated heterocycles. The molecule has 3 amide bonds. The van der Waals surface area contributed by atoms with Crippen molar-refractivity contribution in [2.24, 2.45) is 0 Å². The Kier molecular flexibility index (Phi) is 5.16. The first-order chi connectivity index (χ1) is 12.5. The van der Waals surface area contributed by atoms with E-state index >= 15 is 0 Å². The molecule has 1 aliphatic heterocycles. The van der Waals surface area contributed by atoms with Crippen molar-refractivity contribution in [3.8, 4) is 0 Å². The van der Waals surface area contributed by atoms with Crippen molar-refractivity contribution in [1.29, 1.82) is 0 Å². The molecule has 2 aromatic rings. The summed E-state index contributed by atoms with van der Waals surface area (Å²) in [7, 11) is 0. The Bertz CT molecular complexity index is 843. The molecule has 5 nitrogen and oxygen atoms in total. The number of carbonyl (C=O) groups is 3. The maximum absolute atomic E-state index is 12.6. The fourth-order valence-corrected chi connectivity index (χ4v) is 3.16. The van der Waals surface area contributed by atoms with Crippen LogP contribution >= 0.6 is 0 Å². The molecule has 1 atom stereocenters. The monoisotopic (exact) mass is 350 g/mol. The van der Waals surface area contributed by atoms with Gasteiger partial charge in [0, 0.05) is 5.56 Å². The van der Waals surface area contributed by atoms with Gasteiger partial charge in [-0.25, -0.2) is 0 Å². The molecule has 2 aromatic carbocycles. The van der Waals surface area contributed by atoms with Crippen LogP contribution in [-0.2, 0) is 16.0 Å². The molecular weight excluding hydrogens is 328 g/mol. The lowest BCUT2D eigenvalue weighted by Gasteiger charge is -2.27. The first-order valence-electron chi connectivity index (χ1n) is 8.78. The lowest BCUT2D eigenvalue weighted by molar-refractivity contribution is -0.133. The Labute approximate surface area is 153 Å². The molecule has 134 valence electrons. The Morgan fingerprint density at radius 1 is 1.12 bits per heavy atom. The minimum atomic E-state index is -0.407. The molecule has 0 fully saturated rings. The van der Waals surface area contributed by atoms with E-state index in [1.807, 2.05) is 38.1 Å². The van der Waals surface area contributed by atoms with Crippen molar-refractivity contribution in [2.45, 2.75) is 32.7 Å². The zero-order chi connectivity index (χ0) is 18.7. The van der Waals surface area contributed by atoms with Crippen LogP contribution in [0.4, 0.5) is 0 Å². The summed E-state index contributed by atoms with van der Waals surface area (Å²) in [4.78, 5) is 38.3. The third kappa shape index (κ3) is 3.67. The normalized spacial score (nSPS) is 14.8. The number of hydrogen-bond acceptors (Lipinski definition) is 3. The predicted molar refractivity (Wildman–Crippen MR) is 98.5 cm³/mol. The first-order valence-corrected chi connectivity index (χ1v) is 8.78. The predicted octanol–water partition coefficient (Wildman–Crippen LogP) is 2.79. The van der Waals surface area contributed by atoms with Crippen molar-refractivity contribution < 1.29 is 14.4 Å². The van der Waals surface area contributed by atoms with Crippen LogP contribution in [0.15, 0.2) is 48.5 Å². The van der Waals surface area contributed by atoms with E-state index in [1.54, 1.807) is 24.3 Å². The van der Waals surface area contributed by atoms with Gasteiger partial charge in [0.15, 0.2) is 0 Å². The number of nitrogens with zero attached hydrogens (tertiary/aromatic N) is 1. The van der Waals surface area contributed by atoms with Crippen LogP contribution in [0.1, 0.15) is 46.4 Å². The molecule has 3 rings (SSSR count). The van der Waals surface area contributed by atoms with Gasteiger partial charge in [-0.1, -0.05) is 55.0 Å². The molecular formula is C21H22N2O3. The number of nitrogens with one attached hydrogen (secondary N) is 1. The van der Waals surface area contributed by atoms with E-state index in [-0.39, 0.29) is 30.8 Å². The average Bonchev–Trinajstić information content (AvgIpc) is 2.64. The summed E-state index contributed by atoms with van der Waals surface area (Å²) in [5.74, 6) is -1.08. The summed E-state index contributed by atoms with van der Waals surface area (Å²) in [5.41, 5.74) is 3.36. The molecule has 1 aliphatic rings. The lowest BCUT2D eigenvalue weighted by atomic mass is 9.98. The van der Waals surface area contributed by atoms with Crippen molar-refractivity contribution >= 4 is 17.7 Å². The molecule has 0 bridgehead atoms. The topological polar surface area (TPSA) is 66.5 Å². The summed E-state index contributed by atoms with van der Waals surface area (Å²) in [6.07, 6.45) is 0.865. The first kappa shape index (κ1) is 17.9. The highest BCUT2D eigenvalue weighted by molar-refractivity contribution is 6.11. The van der Waals surface area contributed by atoms with Gasteiger partial charge in [0.05, 0.1) is 12.5 Å². The SMILES string of the molecule is CC[C@@H](NC(=O)CN1C(=O)Cc2ccccc2C1=O)c1ccc(C)cc1. The molecule has 0 unspecified atom stereocenters. The fraction of sp³-hybridized carbons (Fsp3) is 0.286. The van der Waals surface area contributed by atoms with Crippen molar-refractivity contribution in [2.75, 3.05) is 6.54 Å². The number of imide groups is 1. The summed E-state index contributed by atoms with van der Waals surface area (Å²) >= 11 is 0. The number of rotatable bonds is 5. The van der Waals surface area contributed by atoms with Crippen LogP contribution in [0.25, 0.3) is 0 Å². The standard InChI is InChI=1S/C21H22N2O3/c1-3-18(15-10-8-14(2)9-11-15)22-19(24)13-23-20(25)12-16-6-4-5-7-17(16)21(23)26/h4-11,18H,3,12-13H2,1-2H3,(H,22,24)/t18-/m1/s1. The minimum Gasteiger partial charge on any atom is -0.348 e. The number of hydrogen-bond donors (Lipinski definition) is 1. The molecule has 0 aromatic heterocycles. The number of aryl methyl sites for hydroxylation is 1. The zero-order valence-corrected chi connectivity index (χ0v) is 15.0. The number of fused-ring (bicyclic) bond motifs is 1. The van der Waals surface area contributed by atoms with Gasteiger partial charge in [0.2, 0.25) is 11.8 Å². The summed E-state index contributed by atoms with van der Waals surface area (Å²) in [6, 6.07) is 14.8. The van der Waals surface area contributed by atoms with Gasteiger partial charge in [0.1, 0.15) is 6.54 Å². The highest BCUT2D eigenvalue weighted by atomic mass is 16.2. The summed E-state index contributed by atoms with van der Waals surface area (Å²) in [6.45, 7) is 3.74. The Balaban J connectivity index is 1.70. The second-order valence-corrected chi connectivity index (χ2v) is 6.56. The van der Waals surface area contributed by atoms with Crippen LogP contribution < -0.4 is 5.32 Å². The van der Waals surface area contributed by atoms with Crippen LogP contribution in [0, 0.1) is 6.92 Å². The van der Waals surface area contributed by atoms with E-state index in [2.05, 4.69) is 5.32 Å².